The van der Waals surface area contributed by atoms with Gasteiger partial charge in [-0.2, -0.15) is 0 Å². The molecule has 0 spiro atoms. The Morgan fingerprint density at radius 2 is 1.91 bits per heavy atom. The first kappa shape index (κ1) is 15.2. The summed E-state index contributed by atoms with van der Waals surface area (Å²) >= 11 is 0. The summed E-state index contributed by atoms with van der Waals surface area (Å²) in [4.78, 5) is 24.4. The molecule has 0 unspecified atom stereocenters. The maximum absolute atomic E-state index is 12.4. The lowest BCUT2D eigenvalue weighted by Gasteiger charge is -2.15. The summed E-state index contributed by atoms with van der Waals surface area (Å²) in [5.41, 5.74) is 5.12. The zero-order valence-corrected chi connectivity index (χ0v) is 13.8. The van der Waals surface area contributed by atoms with E-state index in [2.05, 4.69) is 5.10 Å². The standard InChI is InChI=1S/C18H19N3O2/c1-11-9-12(2)17(14(4)22)13(3)15(11)10-21-18(23)20-8-6-5-7-16(20)19-21/h5-9H,10H2,1-4H3. The number of fused-ring (bicyclic) bond motifs is 1. The van der Waals surface area contributed by atoms with Crippen LogP contribution in [0.5, 0.6) is 0 Å². The SMILES string of the molecule is CC(=O)c1c(C)cc(C)c(Cn2nc3ccccn3c2=O)c1C. The molecule has 23 heavy (non-hydrogen) atoms. The van der Waals surface area contributed by atoms with Gasteiger partial charge in [0.05, 0.1) is 6.54 Å². The molecule has 0 fully saturated rings. The van der Waals surface area contributed by atoms with Crippen LogP contribution in [0.4, 0.5) is 0 Å². The molecule has 0 saturated carbocycles. The average molecular weight is 309 g/mol. The monoisotopic (exact) mass is 309 g/mol. The number of carbonyl (C=O) groups excluding carboxylic acids is 1. The number of aryl methyl sites for hydroxylation is 2. The van der Waals surface area contributed by atoms with Gasteiger partial charge in [0.2, 0.25) is 0 Å². The summed E-state index contributed by atoms with van der Waals surface area (Å²) in [5, 5.41) is 4.37. The summed E-state index contributed by atoms with van der Waals surface area (Å²) in [7, 11) is 0. The minimum absolute atomic E-state index is 0.0450. The van der Waals surface area contributed by atoms with Gasteiger partial charge in [0.1, 0.15) is 0 Å². The van der Waals surface area contributed by atoms with Crippen LogP contribution in [-0.2, 0) is 6.54 Å². The molecule has 2 heterocycles. The van der Waals surface area contributed by atoms with Crippen LogP contribution >= 0.6 is 0 Å². The highest BCUT2D eigenvalue weighted by Crippen LogP contribution is 2.23. The van der Waals surface area contributed by atoms with E-state index in [9.17, 15) is 9.59 Å². The Hall–Kier alpha value is -2.69. The van der Waals surface area contributed by atoms with E-state index in [1.807, 2.05) is 32.9 Å². The lowest BCUT2D eigenvalue weighted by atomic mass is 9.91. The molecule has 0 saturated heterocycles. The van der Waals surface area contributed by atoms with Crippen molar-refractivity contribution in [2.45, 2.75) is 34.2 Å². The first-order valence-corrected chi connectivity index (χ1v) is 7.55. The molecule has 1 aromatic carbocycles. The molecule has 0 aliphatic carbocycles. The van der Waals surface area contributed by atoms with Crippen LogP contribution in [0.15, 0.2) is 35.3 Å². The van der Waals surface area contributed by atoms with Crippen molar-refractivity contribution in [3.8, 4) is 0 Å². The first-order chi connectivity index (χ1) is 10.9. The van der Waals surface area contributed by atoms with Gasteiger partial charge < -0.3 is 0 Å². The number of benzene rings is 1. The molecule has 0 aliphatic heterocycles. The number of pyridine rings is 1. The fraction of sp³-hybridized carbons (Fsp3) is 0.278. The lowest BCUT2D eigenvalue weighted by Crippen LogP contribution is -2.23. The highest BCUT2D eigenvalue weighted by atomic mass is 16.2. The number of aromatic nitrogens is 3. The highest BCUT2D eigenvalue weighted by Gasteiger charge is 2.16. The Morgan fingerprint density at radius 3 is 2.57 bits per heavy atom. The van der Waals surface area contributed by atoms with Crippen molar-refractivity contribution in [1.29, 1.82) is 0 Å². The van der Waals surface area contributed by atoms with Crippen molar-refractivity contribution in [3.63, 3.8) is 0 Å². The molecule has 3 rings (SSSR count). The summed E-state index contributed by atoms with van der Waals surface area (Å²) in [6, 6.07) is 7.45. The van der Waals surface area contributed by atoms with Crippen LogP contribution in [0.3, 0.4) is 0 Å². The predicted octanol–water partition coefficient (Wildman–Crippen LogP) is 2.67. The van der Waals surface area contributed by atoms with Crippen LogP contribution in [0.1, 0.15) is 39.5 Å². The number of Topliss-reactive ketones (excluding diaryl/α,β-unsaturated/α-hetero) is 1. The molecule has 5 heteroatoms. The van der Waals surface area contributed by atoms with Gasteiger partial charge >= 0.3 is 5.69 Å². The van der Waals surface area contributed by atoms with Crippen molar-refractivity contribution in [2.75, 3.05) is 0 Å². The van der Waals surface area contributed by atoms with Crippen molar-refractivity contribution < 1.29 is 4.79 Å². The fourth-order valence-corrected chi connectivity index (χ4v) is 3.23. The molecule has 0 atom stereocenters. The molecule has 5 nitrogen and oxygen atoms in total. The van der Waals surface area contributed by atoms with E-state index in [4.69, 9.17) is 0 Å². The lowest BCUT2D eigenvalue weighted by molar-refractivity contribution is 0.101. The molecule has 0 amide bonds. The first-order valence-electron chi connectivity index (χ1n) is 7.55. The summed E-state index contributed by atoms with van der Waals surface area (Å²) in [5.74, 6) is 0.0450. The largest absolute Gasteiger partial charge is 0.350 e. The third-order valence-corrected chi connectivity index (χ3v) is 4.28. The Labute approximate surface area is 134 Å². The quantitative estimate of drug-likeness (QED) is 0.699. The van der Waals surface area contributed by atoms with Gasteiger partial charge in [-0.05, 0) is 62.1 Å². The average Bonchev–Trinajstić information content (AvgIpc) is 2.80. The smallest absolute Gasteiger partial charge is 0.294 e. The third kappa shape index (κ3) is 2.48. The van der Waals surface area contributed by atoms with Crippen molar-refractivity contribution >= 4 is 11.4 Å². The van der Waals surface area contributed by atoms with Crippen LogP contribution in [0.25, 0.3) is 5.65 Å². The fourth-order valence-electron chi connectivity index (χ4n) is 3.23. The molecule has 0 aliphatic rings. The van der Waals surface area contributed by atoms with Crippen LogP contribution in [0, 0.1) is 20.8 Å². The van der Waals surface area contributed by atoms with Gasteiger partial charge in [-0.3, -0.25) is 9.20 Å². The number of nitrogens with zero attached hydrogens (tertiary/aromatic N) is 3. The van der Waals surface area contributed by atoms with Gasteiger partial charge in [-0.1, -0.05) is 12.1 Å². The molecule has 0 N–H and O–H groups in total. The second kappa shape index (κ2) is 5.50. The number of carbonyl (C=O) groups is 1. The minimum Gasteiger partial charge on any atom is -0.294 e. The molecule has 118 valence electrons. The van der Waals surface area contributed by atoms with E-state index in [1.165, 1.54) is 9.08 Å². The summed E-state index contributed by atoms with van der Waals surface area (Å²) < 4.78 is 2.97. The maximum atomic E-state index is 12.4. The van der Waals surface area contributed by atoms with E-state index in [-0.39, 0.29) is 11.5 Å². The second-order valence-electron chi connectivity index (χ2n) is 5.91. The number of ketones is 1. The molecule has 2 aromatic heterocycles. The maximum Gasteiger partial charge on any atom is 0.350 e. The molecular weight excluding hydrogens is 290 g/mol. The molecule has 0 bridgehead atoms. The zero-order chi connectivity index (χ0) is 16.7. The van der Waals surface area contributed by atoms with Gasteiger partial charge in [0, 0.05) is 11.8 Å². The number of hydrogen-bond donors (Lipinski definition) is 0. The van der Waals surface area contributed by atoms with E-state index in [1.54, 1.807) is 25.3 Å². The van der Waals surface area contributed by atoms with Gasteiger partial charge in [0.15, 0.2) is 11.4 Å². The van der Waals surface area contributed by atoms with E-state index < -0.39 is 0 Å². The van der Waals surface area contributed by atoms with Gasteiger partial charge in [-0.25, -0.2) is 9.48 Å². The molecule has 3 aromatic rings. The summed E-state index contributed by atoms with van der Waals surface area (Å²) in [6.07, 6.45) is 1.71. The Kier molecular flexibility index (Phi) is 3.64. The van der Waals surface area contributed by atoms with Crippen LogP contribution < -0.4 is 5.69 Å². The topological polar surface area (TPSA) is 56.4 Å². The zero-order valence-electron chi connectivity index (χ0n) is 13.8. The van der Waals surface area contributed by atoms with E-state index in [0.717, 1.165) is 27.8 Å². The predicted molar refractivity (Wildman–Crippen MR) is 89.2 cm³/mol. The van der Waals surface area contributed by atoms with Crippen LogP contribution in [-0.4, -0.2) is 20.0 Å². The van der Waals surface area contributed by atoms with Gasteiger partial charge in [0.25, 0.3) is 0 Å². The highest BCUT2D eigenvalue weighted by molar-refractivity contribution is 5.97. The summed E-state index contributed by atoms with van der Waals surface area (Å²) in [6.45, 7) is 7.81. The van der Waals surface area contributed by atoms with Crippen LogP contribution in [0.2, 0.25) is 0 Å². The molecule has 0 radical (unpaired) electrons. The van der Waals surface area contributed by atoms with E-state index >= 15 is 0 Å². The second-order valence-corrected chi connectivity index (χ2v) is 5.91. The minimum atomic E-state index is -0.177. The Balaban J connectivity index is 2.16. The van der Waals surface area contributed by atoms with Crippen molar-refractivity contribution in [3.05, 3.63) is 68.8 Å². The van der Waals surface area contributed by atoms with Crippen molar-refractivity contribution in [2.24, 2.45) is 0 Å². The normalized spacial score (nSPS) is 11.1. The van der Waals surface area contributed by atoms with Gasteiger partial charge in [-0.15, -0.1) is 5.10 Å². The van der Waals surface area contributed by atoms with Crippen molar-refractivity contribution in [1.82, 2.24) is 14.2 Å². The third-order valence-electron chi connectivity index (χ3n) is 4.28. The molecular formula is C18H19N3O2. The Morgan fingerprint density at radius 1 is 1.17 bits per heavy atom. The number of rotatable bonds is 3. The number of hydrogen-bond acceptors (Lipinski definition) is 3. The Bertz CT molecular complexity index is 980. The van der Waals surface area contributed by atoms with E-state index in [0.29, 0.717) is 12.2 Å².